The summed E-state index contributed by atoms with van der Waals surface area (Å²) in [4.78, 5) is 0. The first-order chi connectivity index (χ1) is 17.7. The minimum absolute atomic E-state index is 0.0438. The van der Waals surface area contributed by atoms with Crippen molar-refractivity contribution in [1.29, 1.82) is 0 Å². The highest BCUT2D eigenvalue weighted by atomic mass is 19.4. The van der Waals surface area contributed by atoms with E-state index in [1.807, 2.05) is 0 Å². The van der Waals surface area contributed by atoms with Crippen LogP contribution < -0.4 is 0 Å². The minimum atomic E-state index is -6.93. The monoisotopic (exact) mass is 572 g/mol. The molecule has 0 aliphatic carbocycles. The molecule has 0 unspecified atom stereocenters. The Bertz CT molecular complexity index is 971. The summed E-state index contributed by atoms with van der Waals surface area (Å²) in [6.45, 7) is 1.11. The topological polar surface area (TPSA) is 98.3 Å². The number of aryl methyl sites for hydroxylation is 1. The third kappa shape index (κ3) is 8.50. The van der Waals surface area contributed by atoms with E-state index in [-0.39, 0.29) is 18.9 Å². The molecule has 0 amide bonds. The van der Waals surface area contributed by atoms with Crippen LogP contribution in [0, 0.1) is 0 Å². The summed E-state index contributed by atoms with van der Waals surface area (Å²) in [5.41, 5.74) is 0.474. The normalized spacial score (nSPS) is 13.4. The van der Waals surface area contributed by atoms with Gasteiger partial charge in [-0.3, -0.25) is 4.68 Å². The Balaban J connectivity index is 1.73. The molecule has 0 saturated heterocycles. The quantitative estimate of drug-likeness (QED) is 0.199. The van der Waals surface area contributed by atoms with Gasteiger partial charge in [-0.15, -0.1) is 10.2 Å². The molecule has 0 radical (unpaired) electrons. The van der Waals surface area contributed by atoms with Gasteiger partial charge in [-0.2, -0.15) is 39.5 Å². The standard InChI is InChI=1S/C19H25F9N6O4/c1-35-6-7-37-9-8-36-5-4-34-11-15(30-32-34)13-38-12-14-10-33(31-29-14)3-2-16(20,21)17(22,23)18(24,25)19(26,27)28/h10-11H,2-9,12-13H2,1H3. The molecule has 0 bridgehead atoms. The Labute approximate surface area is 209 Å². The van der Waals surface area contributed by atoms with Gasteiger partial charge in [0.05, 0.1) is 65.2 Å². The lowest BCUT2D eigenvalue weighted by molar-refractivity contribution is -0.397. The molecule has 0 aromatic carbocycles. The van der Waals surface area contributed by atoms with Crippen molar-refractivity contribution in [3.05, 3.63) is 23.8 Å². The van der Waals surface area contributed by atoms with Crippen LogP contribution in [0.3, 0.4) is 0 Å². The second-order valence-corrected chi connectivity index (χ2v) is 7.76. The van der Waals surface area contributed by atoms with E-state index in [1.165, 1.54) is 4.68 Å². The Morgan fingerprint density at radius 3 is 1.68 bits per heavy atom. The van der Waals surface area contributed by atoms with E-state index in [9.17, 15) is 39.5 Å². The Hall–Kier alpha value is -2.51. The second kappa shape index (κ2) is 13.5. The number of hydrogen-bond donors (Lipinski definition) is 0. The van der Waals surface area contributed by atoms with Gasteiger partial charge in [-0.25, -0.2) is 4.68 Å². The van der Waals surface area contributed by atoms with Crippen molar-refractivity contribution in [2.24, 2.45) is 0 Å². The van der Waals surface area contributed by atoms with Crippen molar-refractivity contribution in [1.82, 2.24) is 30.0 Å². The molecule has 0 spiro atoms. The first-order valence-electron chi connectivity index (χ1n) is 10.9. The van der Waals surface area contributed by atoms with Crippen LogP contribution in [0.2, 0.25) is 0 Å². The number of nitrogens with zero attached hydrogens (tertiary/aromatic N) is 6. The molecule has 0 fully saturated rings. The van der Waals surface area contributed by atoms with E-state index in [4.69, 9.17) is 18.9 Å². The molecule has 10 nitrogen and oxygen atoms in total. The highest BCUT2D eigenvalue weighted by Crippen LogP contribution is 2.54. The first-order valence-corrected chi connectivity index (χ1v) is 10.9. The number of ether oxygens (including phenoxy) is 4. The van der Waals surface area contributed by atoms with E-state index in [0.29, 0.717) is 50.0 Å². The van der Waals surface area contributed by atoms with Gasteiger partial charge in [0.2, 0.25) is 0 Å². The Morgan fingerprint density at radius 2 is 1.16 bits per heavy atom. The SMILES string of the molecule is COCCOCCOCCn1cc(COCc2cn(CCC(F)(F)C(F)(F)C(F)(F)C(F)(F)F)nn2)nn1. The molecule has 2 aromatic heterocycles. The number of hydrogen-bond acceptors (Lipinski definition) is 8. The predicted molar refractivity (Wildman–Crippen MR) is 108 cm³/mol. The lowest BCUT2D eigenvalue weighted by Crippen LogP contribution is -2.61. The molecule has 0 aliphatic heterocycles. The molecule has 38 heavy (non-hydrogen) atoms. The zero-order valence-electron chi connectivity index (χ0n) is 19.9. The summed E-state index contributed by atoms with van der Waals surface area (Å²) < 4.78 is 139. The van der Waals surface area contributed by atoms with Crippen LogP contribution in [0.4, 0.5) is 39.5 Å². The summed E-state index contributed by atoms with van der Waals surface area (Å²) in [5, 5.41) is 14.6. The fourth-order valence-electron chi connectivity index (χ4n) is 2.73. The molecular formula is C19H25F9N6O4. The fraction of sp³-hybridized carbons (Fsp3) is 0.789. The van der Waals surface area contributed by atoms with Crippen molar-refractivity contribution >= 4 is 0 Å². The number of methoxy groups -OCH3 is 1. The zero-order valence-corrected chi connectivity index (χ0v) is 19.9. The van der Waals surface area contributed by atoms with Crippen molar-refractivity contribution in [3.63, 3.8) is 0 Å². The van der Waals surface area contributed by atoms with Gasteiger partial charge < -0.3 is 18.9 Å². The van der Waals surface area contributed by atoms with Crippen LogP contribution in [0.15, 0.2) is 12.4 Å². The summed E-state index contributed by atoms with van der Waals surface area (Å²) in [6, 6.07) is 0. The van der Waals surface area contributed by atoms with Gasteiger partial charge in [0.1, 0.15) is 11.4 Å². The highest BCUT2D eigenvalue weighted by Gasteiger charge is 2.81. The van der Waals surface area contributed by atoms with Crippen LogP contribution in [0.5, 0.6) is 0 Å². The lowest BCUT2D eigenvalue weighted by atomic mass is 10.0. The molecule has 0 aliphatic rings. The molecule has 0 atom stereocenters. The van der Waals surface area contributed by atoms with E-state index >= 15 is 0 Å². The van der Waals surface area contributed by atoms with Gasteiger partial charge in [-0.1, -0.05) is 10.4 Å². The van der Waals surface area contributed by atoms with Crippen molar-refractivity contribution in [2.75, 3.05) is 40.1 Å². The molecular weight excluding hydrogens is 547 g/mol. The summed E-state index contributed by atoms with van der Waals surface area (Å²) in [6.07, 6.45) is -6.35. The number of aromatic nitrogens is 6. The first kappa shape index (κ1) is 31.7. The molecule has 0 N–H and O–H groups in total. The van der Waals surface area contributed by atoms with Gasteiger partial charge in [0.25, 0.3) is 0 Å². The summed E-state index contributed by atoms with van der Waals surface area (Å²) in [7, 11) is 1.56. The van der Waals surface area contributed by atoms with Crippen LogP contribution >= 0.6 is 0 Å². The Kier molecular flexibility index (Phi) is 11.3. The largest absolute Gasteiger partial charge is 0.460 e. The van der Waals surface area contributed by atoms with E-state index in [0.717, 1.165) is 6.20 Å². The second-order valence-electron chi connectivity index (χ2n) is 7.76. The maximum atomic E-state index is 13.6. The van der Waals surface area contributed by atoms with E-state index < -0.39 is 36.9 Å². The molecule has 2 rings (SSSR count). The van der Waals surface area contributed by atoms with E-state index in [1.54, 1.807) is 13.3 Å². The lowest BCUT2D eigenvalue weighted by Gasteiger charge is -2.33. The van der Waals surface area contributed by atoms with Gasteiger partial charge >= 0.3 is 23.9 Å². The molecule has 2 heterocycles. The maximum Gasteiger partial charge on any atom is 0.460 e. The van der Waals surface area contributed by atoms with Crippen LogP contribution in [0.1, 0.15) is 17.8 Å². The van der Waals surface area contributed by atoms with Crippen LogP contribution in [-0.4, -0.2) is 94.1 Å². The molecule has 2 aromatic rings. The summed E-state index contributed by atoms with van der Waals surface area (Å²) in [5.74, 6) is -19.3. The number of rotatable bonds is 18. The number of halogens is 9. The minimum Gasteiger partial charge on any atom is -0.382 e. The van der Waals surface area contributed by atoms with Crippen molar-refractivity contribution in [3.8, 4) is 0 Å². The van der Waals surface area contributed by atoms with Gasteiger partial charge in [-0.05, 0) is 0 Å². The van der Waals surface area contributed by atoms with E-state index in [2.05, 4.69) is 20.6 Å². The van der Waals surface area contributed by atoms with Gasteiger partial charge in [0.15, 0.2) is 0 Å². The van der Waals surface area contributed by atoms with Crippen LogP contribution in [0.25, 0.3) is 0 Å². The zero-order chi connectivity index (χ0) is 28.5. The fourth-order valence-corrected chi connectivity index (χ4v) is 2.73. The predicted octanol–water partition coefficient (Wildman–Crippen LogP) is 3.12. The summed E-state index contributed by atoms with van der Waals surface area (Å²) >= 11 is 0. The maximum absolute atomic E-state index is 13.6. The van der Waals surface area contributed by atoms with Crippen molar-refractivity contribution < 1.29 is 58.5 Å². The average Bonchev–Trinajstić information content (AvgIpc) is 3.48. The average molecular weight is 572 g/mol. The third-order valence-corrected chi connectivity index (χ3v) is 4.81. The molecule has 19 heteroatoms. The highest BCUT2D eigenvalue weighted by molar-refractivity contribution is 5.00. The Morgan fingerprint density at radius 1 is 0.658 bits per heavy atom. The molecule has 0 saturated carbocycles. The van der Waals surface area contributed by atoms with Crippen molar-refractivity contribution in [2.45, 2.75) is 56.7 Å². The molecule has 218 valence electrons. The third-order valence-electron chi connectivity index (χ3n) is 4.81. The van der Waals surface area contributed by atoms with Gasteiger partial charge in [0, 0.05) is 20.1 Å². The van der Waals surface area contributed by atoms with Crippen LogP contribution in [-0.2, 0) is 45.3 Å². The number of alkyl halides is 9. The smallest absolute Gasteiger partial charge is 0.382 e.